The maximum absolute atomic E-state index is 12.9. The molecule has 0 spiro atoms. The SMILES string of the molecule is CCOc1ccccc1CN(C)C(=O)C1CCCN(C(=O)C(C)(C)C)C1. The third kappa shape index (κ3) is 4.99. The number of benzene rings is 1. The first-order chi connectivity index (χ1) is 12.2. The van der Waals surface area contributed by atoms with Crippen molar-refractivity contribution in [3.8, 4) is 5.75 Å². The van der Waals surface area contributed by atoms with Crippen molar-refractivity contribution >= 4 is 11.8 Å². The molecule has 0 saturated carbocycles. The highest BCUT2D eigenvalue weighted by atomic mass is 16.5. The van der Waals surface area contributed by atoms with E-state index in [1.54, 1.807) is 4.90 Å². The van der Waals surface area contributed by atoms with Crippen molar-refractivity contribution in [3.05, 3.63) is 29.8 Å². The minimum absolute atomic E-state index is 0.0997. The summed E-state index contributed by atoms with van der Waals surface area (Å²) in [7, 11) is 1.83. The van der Waals surface area contributed by atoms with E-state index in [0.29, 0.717) is 19.7 Å². The molecule has 1 atom stereocenters. The van der Waals surface area contributed by atoms with Crippen molar-refractivity contribution in [3.63, 3.8) is 0 Å². The summed E-state index contributed by atoms with van der Waals surface area (Å²) in [6.45, 7) is 10.1. The van der Waals surface area contributed by atoms with Crippen molar-refractivity contribution in [1.29, 1.82) is 0 Å². The number of hydrogen-bond donors (Lipinski definition) is 0. The van der Waals surface area contributed by atoms with Crippen LogP contribution in [0, 0.1) is 11.3 Å². The quantitative estimate of drug-likeness (QED) is 0.809. The number of carbonyl (C=O) groups is 2. The first-order valence-corrected chi connectivity index (χ1v) is 9.49. The number of piperidine rings is 1. The molecule has 26 heavy (non-hydrogen) atoms. The van der Waals surface area contributed by atoms with Crippen LogP contribution in [0.1, 0.15) is 46.1 Å². The van der Waals surface area contributed by atoms with Gasteiger partial charge in [0.05, 0.1) is 12.5 Å². The Bertz CT molecular complexity index is 636. The first kappa shape index (κ1) is 20.3. The van der Waals surface area contributed by atoms with Crippen LogP contribution in [0.25, 0.3) is 0 Å². The van der Waals surface area contributed by atoms with Crippen molar-refractivity contribution < 1.29 is 14.3 Å². The number of ether oxygens (including phenoxy) is 1. The van der Waals surface area contributed by atoms with Crippen molar-refractivity contribution in [2.45, 2.75) is 47.1 Å². The highest BCUT2D eigenvalue weighted by Crippen LogP contribution is 2.26. The average molecular weight is 360 g/mol. The largest absolute Gasteiger partial charge is 0.494 e. The molecule has 0 aromatic heterocycles. The lowest BCUT2D eigenvalue weighted by Gasteiger charge is -2.37. The van der Waals surface area contributed by atoms with Gasteiger partial charge in [-0.25, -0.2) is 0 Å². The molecule has 0 radical (unpaired) electrons. The Hall–Kier alpha value is -2.04. The summed E-state index contributed by atoms with van der Waals surface area (Å²) in [5.41, 5.74) is 0.594. The normalized spacial score (nSPS) is 17.7. The zero-order valence-corrected chi connectivity index (χ0v) is 16.7. The van der Waals surface area contributed by atoms with Gasteiger partial charge in [-0.3, -0.25) is 9.59 Å². The van der Waals surface area contributed by atoms with Gasteiger partial charge in [0.1, 0.15) is 5.75 Å². The van der Waals surface area contributed by atoms with Gasteiger partial charge in [0.2, 0.25) is 11.8 Å². The molecule has 2 rings (SSSR count). The molecule has 144 valence electrons. The van der Waals surface area contributed by atoms with E-state index in [4.69, 9.17) is 4.74 Å². The molecule has 1 unspecified atom stereocenters. The van der Waals surface area contributed by atoms with E-state index in [1.165, 1.54) is 0 Å². The third-order valence-corrected chi connectivity index (χ3v) is 4.76. The maximum Gasteiger partial charge on any atom is 0.227 e. The zero-order chi connectivity index (χ0) is 19.3. The van der Waals surface area contributed by atoms with E-state index in [1.807, 2.05) is 63.9 Å². The van der Waals surface area contributed by atoms with E-state index >= 15 is 0 Å². The van der Waals surface area contributed by atoms with Gasteiger partial charge in [-0.1, -0.05) is 39.0 Å². The van der Waals surface area contributed by atoms with Crippen LogP contribution in [0.4, 0.5) is 0 Å². The van der Waals surface area contributed by atoms with Gasteiger partial charge in [0.15, 0.2) is 0 Å². The van der Waals surface area contributed by atoms with Crippen molar-refractivity contribution in [1.82, 2.24) is 9.80 Å². The molecule has 1 aliphatic heterocycles. The highest BCUT2D eigenvalue weighted by Gasteiger charge is 2.34. The molecule has 5 heteroatoms. The fraction of sp³-hybridized carbons (Fsp3) is 0.619. The van der Waals surface area contributed by atoms with Crippen LogP contribution >= 0.6 is 0 Å². The second-order valence-electron chi connectivity index (χ2n) is 8.08. The number of hydrogen-bond acceptors (Lipinski definition) is 3. The Morgan fingerprint density at radius 1 is 1.27 bits per heavy atom. The molecule has 0 aliphatic carbocycles. The van der Waals surface area contributed by atoms with E-state index in [-0.39, 0.29) is 17.7 Å². The topological polar surface area (TPSA) is 49.9 Å². The summed E-state index contributed by atoms with van der Waals surface area (Å²) in [5.74, 6) is 0.921. The van der Waals surface area contributed by atoms with Crippen LogP contribution in [-0.2, 0) is 16.1 Å². The predicted molar refractivity (Wildman–Crippen MR) is 103 cm³/mol. The van der Waals surface area contributed by atoms with Gasteiger partial charge >= 0.3 is 0 Å². The summed E-state index contributed by atoms with van der Waals surface area (Å²) < 4.78 is 5.66. The molecule has 0 N–H and O–H groups in total. The summed E-state index contributed by atoms with van der Waals surface area (Å²) in [4.78, 5) is 29.1. The molecule has 0 bridgehead atoms. The van der Waals surface area contributed by atoms with Gasteiger partial charge in [-0.2, -0.15) is 0 Å². The van der Waals surface area contributed by atoms with Crippen LogP contribution in [0.5, 0.6) is 5.75 Å². The fourth-order valence-electron chi connectivity index (χ4n) is 3.41. The lowest BCUT2D eigenvalue weighted by molar-refractivity contribution is -0.145. The van der Waals surface area contributed by atoms with Crippen LogP contribution in [0.3, 0.4) is 0 Å². The summed E-state index contributed by atoms with van der Waals surface area (Å²) >= 11 is 0. The molecule has 1 aromatic carbocycles. The Morgan fingerprint density at radius 3 is 2.62 bits per heavy atom. The lowest BCUT2D eigenvalue weighted by Crippen LogP contribution is -2.48. The van der Waals surface area contributed by atoms with Gasteiger partial charge in [-0.15, -0.1) is 0 Å². The van der Waals surface area contributed by atoms with E-state index in [9.17, 15) is 9.59 Å². The lowest BCUT2D eigenvalue weighted by atomic mass is 9.90. The molecule has 2 amide bonds. The van der Waals surface area contributed by atoms with Crippen LogP contribution in [0.2, 0.25) is 0 Å². The second-order valence-corrected chi connectivity index (χ2v) is 8.08. The van der Waals surface area contributed by atoms with E-state index in [0.717, 1.165) is 30.7 Å². The zero-order valence-electron chi connectivity index (χ0n) is 16.7. The van der Waals surface area contributed by atoms with Gasteiger partial charge in [0, 0.05) is 37.7 Å². The summed E-state index contributed by atoms with van der Waals surface area (Å²) in [5, 5.41) is 0. The molecular weight excluding hydrogens is 328 g/mol. The molecule has 1 aliphatic rings. The van der Waals surface area contributed by atoms with Crippen LogP contribution in [0.15, 0.2) is 24.3 Å². The number of carbonyl (C=O) groups excluding carboxylic acids is 2. The minimum atomic E-state index is -0.409. The highest BCUT2D eigenvalue weighted by molar-refractivity contribution is 5.83. The fourth-order valence-corrected chi connectivity index (χ4v) is 3.41. The van der Waals surface area contributed by atoms with Crippen molar-refractivity contribution in [2.24, 2.45) is 11.3 Å². The van der Waals surface area contributed by atoms with Crippen LogP contribution in [-0.4, -0.2) is 48.4 Å². The Kier molecular flexibility index (Phi) is 6.68. The third-order valence-electron chi connectivity index (χ3n) is 4.76. The number of rotatable bonds is 5. The predicted octanol–water partition coefficient (Wildman–Crippen LogP) is 3.33. The smallest absolute Gasteiger partial charge is 0.227 e. The summed E-state index contributed by atoms with van der Waals surface area (Å²) in [6.07, 6.45) is 1.71. The summed E-state index contributed by atoms with van der Waals surface area (Å²) in [6, 6.07) is 7.82. The monoisotopic (exact) mass is 360 g/mol. The average Bonchev–Trinajstić information content (AvgIpc) is 2.61. The Balaban J connectivity index is 2.03. The minimum Gasteiger partial charge on any atom is -0.494 e. The second kappa shape index (κ2) is 8.56. The van der Waals surface area contributed by atoms with E-state index < -0.39 is 5.41 Å². The van der Waals surface area contributed by atoms with Gasteiger partial charge in [0.25, 0.3) is 0 Å². The first-order valence-electron chi connectivity index (χ1n) is 9.49. The molecule has 5 nitrogen and oxygen atoms in total. The number of para-hydroxylation sites is 1. The Morgan fingerprint density at radius 2 is 1.96 bits per heavy atom. The van der Waals surface area contributed by atoms with Crippen LogP contribution < -0.4 is 4.74 Å². The standard InChI is InChI=1S/C21H32N2O3/c1-6-26-18-12-8-7-10-16(18)14-22(5)19(24)17-11-9-13-23(15-17)20(25)21(2,3)4/h7-8,10,12,17H,6,9,11,13-15H2,1-5H3. The Labute approximate surface area is 157 Å². The van der Waals surface area contributed by atoms with Crippen molar-refractivity contribution in [2.75, 3.05) is 26.7 Å². The van der Waals surface area contributed by atoms with Gasteiger partial charge < -0.3 is 14.5 Å². The van der Waals surface area contributed by atoms with Gasteiger partial charge in [-0.05, 0) is 25.8 Å². The maximum atomic E-state index is 12.9. The molecule has 1 aromatic rings. The molecule has 1 saturated heterocycles. The number of likely N-dealkylation sites (tertiary alicyclic amines) is 1. The number of nitrogens with zero attached hydrogens (tertiary/aromatic N) is 2. The molecule has 1 heterocycles. The molecular formula is C21H32N2O3. The van der Waals surface area contributed by atoms with E-state index in [2.05, 4.69) is 0 Å². The molecule has 1 fully saturated rings. The number of amides is 2.